The molecule has 1 aliphatic rings. The predicted molar refractivity (Wildman–Crippen MR) is 87.4 cm³/mol. The number of rotatable bonds is 3. The fourth-order valence-electron chi connectivity index (χ4n) is 2.52. The molecule has 0 saturated carbocycles. The maximum atomic E-state index is 13.7. The molecule has 0 atom stereocenters. The van der Waals surface area contributed by atoms with E-state index in [-0.39, 0.29) is 23.7 Å². The summed E-state index contributed by atoms with van der Waals surface area (Å²) in [6, 6.07) is 5.04. The van der Waals surface area contributed by atoms with Gasteiger partial charge in [0, 0.05) is 30.9 Å². The monoisotopic (exact) mass is 324 g/mol. The molecule has 1 aliphatic heterocycles. The topological polar surface area (TPSA) is 50.8 Å². The number of benzene rings is 1. The van der Waals surface area contributed by atoms with Gasteiger partial charge in [0.15, 0.2) is 11.6 Å². The number of carbonyl (C=O) groups excluding carboxylic acids is 1. The Hall–Kier alpha value is -1.98. The molecule has 5 nitrogen and oxygen atoms in total. The normalized spacial score (nSPS) is 16.1. The number of nitrogens with zero attached hydrogens (tertiary/aromatic N) is 1. The second-order valence-electron chi connectivity index (χ2n) is 6.74. The fourth-order valence-corrected chi connectivity index (χ4v) is 2.52. The van der Waals surface area contributed by atoms with Gasteiger partial charge < -0.3 is 19.7 Å². The predicted octanol–water partition coefficient (Wildman–Crippen LogP) is 3.65. The summed E-state index contributed by atoms with van der Waals surface area (Å²) < 4.78 is 24.0. The summed E-state index contributed by atoms with van der Waals surface area (Å²) in [6.07, 6.45) is 1.33. The number of nitrogens with one attached hydrogen (secondary N) is 1. The highest BCUT2D eigenvalue weighted by atomic mass is 19.1. The first-order valence-corrected chi connectivity index (χ1v) is 7.86. The highest BCUT2D eigenvalue weighted by Crippen LogP contribution is 2.23. The molecule has 0 aromatic heterocycles. The second-order valence-corrected chi connectivity index (χ2v) is 6.74. The lowest BCUT2D eigenvalue weighted by Gasteiger charge is -2.34. The third-order valence-electron chi connectivity index (χ3n) is 3.67. The van der Waals surface area contributed by atoms with Gasteiger partial charge >= 0.3 is 6.09 Å². The molecule has 0 spiro atoms. The molecule has 1 amide bonds. The number of anilines is 1. The van der Waals surface area contributed by atoms with Gasteiger partial charge in [0.25, 0.3) is 0 Å². The van der Waals surface area contributed by atoms with E-state index in [9.17, 15) is 9.18 Å². The number of likely N-dealkylation sites (tertiary alicyclic amines) is 1. The van der Waals surface area contributed by atoms with Crippen molar-refractivity contribution in [3.05, 3.63) is 24.0 Å². The number of hydrogen-bond acceptors (Lipinski definition) is 4. The van der Waals surface area contributed by atoms with Crippen molar-refractivity contribution in [2.75, 3.05) is 25.5 Å². The van der Waals surface area contributed by atoms with Crippen molar-refractivity contribution in [1.29, 1.82) is 0 Å². The summed E-state index contributed by atoms with van der Waals surface area (Å²) in [5, 5.41) is 3.31. The molecule has 1 N–H and O–H groups in total. The molecule has 1 heterocycles. The van der Waals surface area contributed by atoms with Crippen molar-refractivity contribution in [3.63, 3.8) is 0 Å². The molecule has 1 aromatic rings. The Balaban J connectivity index is 1.85. The molecule has 1 aromatic carbocycles. The zero-order valence-corrected chi connectivity index (χ0v) is 14.2. The zero-order chi connectivity index (χ0) is 17.0. The number of hydrogen-bond donors (Lipinski definition) is 1. The van der Waals surface area contributed by atoms with Crippen LogP contribution >= 0.6 is 0 Å². The first-order valence-electron chi connectivity index (χ1n) is 7.86. The molecule has 128 valence electrons. The first kappa shape index (κ1) is 17.4. The number of amides is 1. The van der Waals surface area contributed by atoms with E-state index in [1.807, 2.05) is 20.8 Å². The highest BCUT2D eigenvalue weighted by Gasteiger charge is 2.26. The summed E-state index contributed by atoms with van der Waals surface area (Å²) in [5.74, 6) is -0.154. The Bertz CT molecular complexity index is 549. The van der Waals surface area contributed by atoms with Crippen LogP contribution in [-0.2, 0) is 4.74 Å². The fraction of sp³-hybridized carbons (Fsp3) is 0.588. The van der Waals surface area contributed by atoms with Crippen molar-refractivity contribution < 1.29 is 18.7 Å². The second kappa shape index (κ2) is 7.06. The van der Waals surface area contributed by atoms with Gasteiger partial charge in [0.05, 0.1) is 7.11 Å². The summed E-state index contributed by atoms with van der Waals surface area (Å²) in [7, 11) is 1.44. The van der Waals surface area contributed by atoms with Crippen molar-refractivity contribution in [1.82, 2.24) is 4.90 Å². The van der Waals surface area contributed by atoms with Gasteiger partial charge in [0.2, 0.25) is 0 Å². The van der Waals surface area contributed by atoms with Crippen molar-refractivity contribution in [3.8, 4) is 5.75 Å². The molecule has 2 rings (SSSR count). The lowest BCUT2D eigenvalue weighted by atomic mass is 10.0. The summed E-state index contributed by atoms with van der Waals surface area (Å²) in [6.45, 7) is 6.84. The quantitative estimate of drug-likeness (QED) is 0.922. The Morgan fingerprint density at radius 3 is 2.48 bits per heavy atom. The molecule has 1 fully saturated rings. The van der Waals surface area contributed by atoms with Crippen molar-refractivity contribution in [2.24, 2.45) is 0 Å². The van der Waals surface area contributed by atoms with Gasteiger partial charge in [-0.3, -0.25) is 0 Å². The van der Waals surface area contributed by atoms with Gasteiger partial charge in [0.1, 0.15) is 5.60 Å². The van der Waals surface area contributed by atoms with Crippen LogP contribution in [0.4, 0.5) is 14.9 Å². The van der Waals surface area contributed by atoms with E-state index in [4.69, 9.17) is 9.47 Å². The highest BCUT2D eigenvalue weighted by molar-refractivity contribution is 5.68. The Labute approximate surface area is 136 Å². The van der Waals surface area contributed by atoms with Crippen LogP contribution in [0.5, 0.6) is 5.75 Å². The molecule has 0 unspecified atom stereocenters. The van der Waals surface area contributed by atoms with Gasteiger partial charge in [-0.25, -0.2) is 9.18 Å². The molecular weight excluding hydrogens is 299 g/mol. The minimum Gasteiger partial charge on any atom is -0.494 e. The van der Waals surface area contributed by atoms with E-state index in [0.717, 1.165) is 18.5 Å². The Kier molecular flexibility index (Phi) is 5.34. The van der Waals surface area contributed by atoms with Crippen LogP contribution in [0, 0.1) is 5.82 Å². The van der Waals surface area contributed by atoms with E-state index in [1.54, 1.807) is 17.0 Å². The average molecular weight is 324 g/mol. The lowest BCUT2D eigenvalue weighted by Crippen LogP contribution is -2.44. The minimum absolute atomic E-state index is 0.210. The third kappa shape index (κ3) is 5.01. The molecular formula is C17H25FN2O3. The molecule has 23 heavy (non-hydrogen) atoms. The number of methoxy groups -OCH3 is 1. The Morgan fingerprint density at radius 1 is 1.30 bits per heavy atom. The van der Waals surface area contributed by atoms with Crippen LogP contribution in [0.3, 0.4) is 0 Å². The smallest absolute Gasteiger partial charge is 0.410 e. The van der Waals surface area contributed by atoms with Crippen LogP contribution in [0.15, 0.2) is 18.2 Å². The summed E-state index contributed by atoms with van der Waals surface area (Å²) >= 11 is 0. The first-order chi connectivity index (χ1) is 10.8. The maximum absolute atomic E-state index is 13.7. The zero-order valence-electron chi connectivity index (χ0n) is 14.2. The van der Waals surface area contributed by atoms with Crippen LogP contribution in [0.2, 0.25) is 0 Å². The average Bonchev–Trinajstić information content (AvgIpc) is 2.46. The van der Waals surface area contributed by atoms with E-state index in [2.05, 4.69) is 5.32 Å². The number of carbonyl (C=O) groups is 1. The van der Waals surface area contributed by atoms with Gasteiger partial charge in [-0.15, -0.1) is 0 Å². The van der Waals surface area contributed by atoms with E-state index in [1.165, 1.54) is 13.2 Å². The van der Waals surface area contributed by atoms with Gasteiger partial charge in [-0.2, -0.15) is 0 Å². The standard InChI is InChI=1S/C17H25FN2O3/c1-17(2,3)23-16(21)20-9-7-12(8-10-20)19-13-5-6-15(22-4)14(18)11-13/h5-6,11-12,19H,7-10H2,1-4H3. The van der Waals surface area contributed by atoms with Crippen LogP contribution in [-0.4, -0.2) is 42.8 Å². The minimum atomic E-state index is -0.479. The number of halogens is 1. The SMILES string of the molecule is COc1ccc(NC2CCN(C(=O)OC(C)(C)C)CC2)cc1F. The largest absolute Gasteiger partial charge is 0.494 e. The summed E-state index contributed by atoms with van der Waals surface area (Å²) in [4.78, 5) is 13.7. The lowest BCUT2D eigenvalue weighted by molar-refractivity contribution is 0.0210. The summed E-state index contributed by atoms with van der Waals surface area (Å²) in [5.41, 5.74) is 0.242. The molecule has 1 saturated heterocycles. The van der Waals surface area contributed by atoms with Gasteiger partial charge in [-0.1, -0.05) is 0 Å². The molecule has 0 aliphatic carbocycles. The third-order valence-corrected chi connectivity index (χ3v) is 3.67. The number of piperidine rings is 1. The van der Waals surface area contributed by atoms with Crippen LogP contribution < -0.4 is 10.1 Å². The van der Waals surface area contributed by atoms with Crippen LogP contribution in [0.1, 0.15) is 33.6 Å². The Morgan fingerprint density at radius 2 is 1.96 bits per heavy atom. The number of ether oxygens (including phenoxy) is 2. The van der Waals surface area contributed by atoms with Gasteiger partial charge in [-0.05, 0) is 45.7 Å². The van der Waals surface area contributed by atoms with Crippen molar-refractivity contribution in [2.45, 2.75) is 45.3 Å². The maximum Gasteiger partial charge on any atom is 0.410 e. The molecule has 0 radical (unpaired) electrons. The molecule has 0 bridgehead atoms. The van der Waals surface area contributed by atoms with E-state index in [0.29, 0.717) is 13.1 Å². The van der Waals surface area contributed by atoms with E-state index < -0.39 is 5.60 Å². The van der Waals surface area contributed by atoms with Crippen LogP contribution in [0.25, 0.3) is 0 Å². The van der Waals surface area contributed by atoms with E-state index >= 15 is 0 Å². The molecule has 6 heteroatoms. The van der Waals surface area contributed by atoms with Crippen molar-refractivity contribution >= 4 is 11.8 Å².